The molecule has 2 heterocycles. The molecule has 1 aliphatic rings. The molecule has 0 saturated carbocycles. The largest absolute Gasteiger partial charge is 0.475 e. The maximum absolute atomic E-state index is 5.75. The first-order valence-corrected chi connectivity index (χ1v) is 6.08. The van der Waals surface area contributed by atoms with Gasteiger partial charge in [0.25, 0.3) is 0 Å². The van der Waals surface area contributed by atoms with Crippen LogP contribution in [-0.2, 0) is 6.54 Å². The molecule has 0 aliphatic carbocycles. The van der Waals surface area contributed by atoms with Gasteiger partial charge in [0.2, 0.25) is 5.88 Å². The van der Waals surface area contributed by atoms with Crippen LogP contribution in [0.4, 0.5) is 0 Å². The normalized spacial score (nSPS) is 20.1. The van der Waals surface area contributed by atoms with Gasteiger partial charge in [-0.3, -0.25) is 0 Å². The number of nitrogens with one attached hydrogen (secondary N) is 1. The van der Waals surface area contributed by atoms with Crippen LogP contribution in [0.5, 0.6) is 5.88 Å². The van der Waals surface area contributed by atoms with Crippen LogP contribution in [0.2, 0.25) is 0 Å². The highest BCUT2D eigenvalue weighted by Gasteiger charge is 2.18. The molecule has 0 fully saturated rings. The lowest BCUT2D eigenvalue weighted by Crippen LogP contribution is -2.27. The zero-order valence-corrected chi connectivity index (χ0v) is 11.5. The molecule has 4 heteroatoms. The molecule has 2 unspecified atom stereocenters. The molecule has 0 bridgehead atoms. The van der Waals surface area contributed by atoms with Gasteiger partial charge in [-0.1, -0.05) is 19.9 Å². The quantitative estimate of drug-likeness (QED) is 0.903. The van der Waals surface area contributed by atoms with Gasteiger partial charge in [-0.2, -0.15) is 0 Å². The molecule has 1 aromatic heterocycles. The summed E-state index contributed by atoms with van der Waals surface area (Å²) in [5.74, 6) is 1.24. The summed E-state index contributed by atoms with van der Waals surface area (Å²) in [6.07, 6.45) is 1.25. The topological polar surface area (TPSA) is 34.1 Å². The highest BCUT2D eigenvalue weighted by atomic mass is 35.5. The average Bonchev–Trinajstić information content (AvgIpc) is 2.30. The Labute approximate surface area is 109 Å². The molecule has 0 saturated heterocycles. The van der Waals surface area contributed by atoms with Gasteiger partial charge in [0.05, 0.1) is 11.8 Å². The smallest absolute Gasteiger partial charge is 0.213 e. The van der Waals surface area contributed by atoms with E-state index >= 15 is 0 Å². The van der Waals surface area contributed by atoms with E-state index in [0.29, 0.717) is 5.92 Å². The zero-order valence-electron chi connectivity index (χ0n) is 10.7. The van der Waals surface area contributed by atoms with Crippen molar-refractivity contribution in [1.29, 1.82) is 0 Å². The third-order valence-corrected chi connectivity index (χ3v) is 3.12. The summed E-state index contributed by atoms with van der Waals surface area (Å²) in [7, 11) is 0. The van der Waals surface area contributed by atoms with E-state index in [-0.39, 0.29) is 18.5 Å². The van der Waals surface area contributed by atoms with Crippen molar-refractivity contribution in [1.82, 2.24) is 10.3 Å². The van der Waals surface area contributed by atoms with Gasteiger partial charge in [-0.25, -0.2) is 4.98 Å². The van der Waals surface area contributed by atoms with Gasteiger partial charge < -0.3 is 10.1 Å². The maximum Gasteiger partial charge on any atom is 0.213 e. The maximum atomic E-state index is 5.75. The number of pyridine rings is 1. The van der Waals surface area contributed by atoms with Crippen LogP contribution in [0.3, 0.4) is 0 Å². The van der Waals surface area contributed by atoms with Gasteiger partial charge in [-0.05, 0) is 18.9 Å². The molecule has 2 atom stereocenters. The number of fused-ring (bicyclic) bond motifs is 1. The van der Waals surface area contributed by atoms with E-state index in [2.05, 4.69) is 37.1 Å². The molecular formula is C13H21ClN2O. The van der Waals surface area contributed by atoms with Crippen LogP contribution in [0, 0.1) is 0 Å². The van der Waals surface area contributed by atoms with E-state index in [1.165, 1.54) is 11.3 Å². The summed E-state index contributed by atoms with van der Waals surface area (Å²) in [6.45, 7) is 8.33. The minimum atomic E-state index is 0. The molecule has 1 N–H and O–H groups in total. The number of hydrogen-bond acceptors (Lipinski definition) is 3. The molecule has 3 nitrogen and oxygen atoms in total. The minimum Gasteiger partial charge on any atom is -0.475 e. The third kappa shape index (κ3) is 3.33. The Morgan fingerprint density at radius 3 is 3.00 bits per heavy atom. The van der Waals surface area contributed by atoms with Crippen LogP contribution in [-0.4, -0.2) is 17.6 Å². The highest BCUT2D eigenvalue weighted by Crippen LogP contribution is 2.24. The summed E-state index contributed by atoms with van der Waals surface area (Å²) < 4.78 is 5.75. The lowest BCUT2D eigenvalue weighted by Gasteiger charge is -2.23. The van der Waals surface area contributed by atoms with Crippen molar-refractivity contribution in [2.75, 3.05) is 6.54 Å². The predicted molar refractivity (Wildman–Crippen MR) is 72.0 cm³/mol. The summed E-state index contributed by atoms with van der Waals surface area (Å²) in [4.78, 5) is 4.62. The molecule has 2 rings (SSSR count). The SMILES string of the molecule is CCC(C)Oc1ccc2c(n1)C(C)CNC2.Cl. The second-order valence-electron chi connectivity index (χ2n) is 4.56. The van der Waals surface area contributed by atoms with Gasteiger partial charge in [-0.15, -0.1) is 12.4 Å². The number of nitrogens with zero attached hydrogens (tertiary/aromatic N) is 1. The fraction of sp³-hybridized carbons (Fsp3) is 0.615. The fourth-order valence-electron chi connectivity index (χ4n) is 1.94. The van der Waals surface area contributed by atoms with Crippen molar-refractivity contribution in [3.8, 4) is 5.88 Å². The van der Waals surface area contributed by atoms with Crippen LogP contribution in [0.15, 0.2) is 12.1 Å². The van der Waals surface area contributed by atoms with Crippen LogP contribution < -0.4 is 10.1 Å². The van der Waals surface area contributed by atoms with E-state index in [1.807, 2.05) is 6.07 Å². The highest BCUT2D eigenvalue weighted by molar-refractivity contribution is 5.85. The van der Waals surface area contributed by atoms with Crippen molar-refractivity contribution >= 4 is 12.4 Å². The Balaban J connectivity index is 0.00000144. The van der Waals surface area contributed by atoms with Crippen LogP contribution >= 0.6 is 12.4 Å². The lowest BCUT2D eigenvalue weighted by molar-refractivity contribution is 0.207. The lowest BCUT2D eigenvalue weighted by atomic mass is 9.98. The standard InChI is InChI=1S/C13H20N2O.ClH/c1-4-10(3)16-12-6-5-11-8-14-7-9(2)13(11)15-12;/h5-6,9-10,14H,4,7-8H2,1-3H3;1H. The van der Waals surface area contributed by atoms with Gasteiger partial charge in [0.15, 0.2) is 0 Å². The van der Waals surface area contributed by atoms with Crippen LogP contribution in [0.1, 0.15) is 44.4 Å². The van der Waals surface area contributed by atoms with Gasteiger partial charge in [0, 0.05) is 25.1 Å². The Morgan fingerprint density at radius 2 is 2.29 bits per heavy atom. The van der Waals surface area contributed by atoms with E-state index in [4.69, 9.17) is 4.74 Å². The number of rotatable bonds is 3. The Bertz CT molecular complexity index is 370. The molecule has 0 spiro atoms. The molecule has 17 heavy (non-hydrogen) atoms. The van der Waals surface area contributed by atoms with E-state index < -0.39 is 0 Å². The number of ether oxygens (including phenoxy) is 1. The molecular weight excluding hydrogens is 236 g/mol. The van der Waals surface area contributed by atoms with E-state index in [9.17, 15) is 0 Å². The molecule has 1 aliphatic heterocycles. The number of hydrogen-bond donors (Lipinski definition) is 1. The van der Waals surface area contributed by atoms with Gasteiger partial charge >= 0.3 is 0 Å². The van der Waals surface area contributed by atoms with Crippen molar-refractivity contribution in [2.24, 2.45) is 0 Å². The third-order valence-electron chi connectivity index (χ3n) is 3.12. The van der Waals surface area contributed by atoms with Crippen molar-refractivity contribution in [3.05, 3.63) is 23.4 Å². The summed E-state index contributed by atoms with van der Waals surface area (Å²) in [5, 5.41) is 3.38. The van der Waals surface area contributed by atoms with Crippen LogP contribution in [0.25, 0.3) is 0 Å². The first-order valence-electron chi connectivity index (χ1n) is 6.08. The summed E-state index contributed by atoms with van der Waals surface area (Å²) in [6, 6.07) is 4.10. The molecule has 0 amide bonds. The number of halogens is 1. The molecule has 96 valence electrons. The van der Waals surface area contributed by atoms with Crippen molar-refractivity contribution in [3.63, 3.8) is 0 Å². The summed E-state index contributed by atoms with van der Waals surface area (Å²) in [5.41, 5.74) is 2.50. The second-order valence-corrected chi connectivity index (χ2v) is 4.56. The first kappa shape index (κ1) is 14.3. The predicted octanol–water partition coefficient (Wildman–Crippen LogP) is 2.89. The number of aromatic nitrogens is 1. The molecule has 1 aromatic rings. The Morgan fingerprint density at radius 1 is 1.53 bits per heavy atom. The summed E-state index contributed by atoms with van der Waals surface area (Å²) >= 11 is 0. The van der Waals surface area contributed by atoms with Gasteiger partial charge in [0.1, 0.15) is 0 Å². The Hall–Kier alpha value is -0.800. The molecule has 0 radical (unpaired) electrons. The van der Waals surface area contributed by atoms with Crippen molar-refractivity contribution < 1.29 is 4.74 Å². The van der Waals surface area contributed by atoms with E-state index in [0.717, 1.165) is 25.4 Å². The second kappa shape index (κ2) is 6.22. The minimum absolute atomic E-state index is 0. The fourth-order valence-corrected chi connectivity index (χ4v) is 1.94. The zero-order chi connectivity index (χ0) is 11.5. The molecule has 0 aromatic carbocycles. The Kier molecular flexibility index (Phi) is 5.22. The van der Waals surface area contributed by atoms with Crippen molar-refractivity contribution in [2.45, 2.75) is 45.8 Å². The first-order chi connectivity index (χ1) is 7.70. The van der Waals surface area contributed by atoms with E-state index in [1.54, 1.807) is 0 Å². The average molecular weight is 257 g/mol. The monoisotopic (exact) mass is 256 g/mol.